The fourth-order valence-electron chi connectivity index (χ4n) is 1.53. The van der Waals surface area contributed by atoms with Gasteiger partial charge >= 0.3 is 0 Å². The van der Waals surface area contributed by atoms with Crippen LogP contribution in [0.4, 0.5) is 0 Å². The van der Waals surface area contributed by atoms with Crippen LogP contribution in [0.25, 0.3) is 5.57 Å². The van der Waals surface area contributed by atoms with E-state index in [0.29, 0.717) is 0 Å². The molecular formula is C10H7NO5S. The first-order chi connectivity index (χ1) is 7.89. The number of imide groups is 1. The van der Waals surface area contributed by atoms with Crippen molar-refractivity contribution in [1.82, 2.24) is 5.32 Å². The predicted molar refractivity (Wildman–Crippen MR) is 57.4 cm³/mol. The lowest BCUT2D eigenvalue weighted by molar-refractivity contribution is -0.123. The lowest BCUT2D eigenvalue weighted by Gasteiger charge is -2.05. The van der Waals surface area contributed by atoms with Crippen LogP contribution >= 0.6 is 0 Å². The molecule has 0 saturated heterocycles. The van der Waals surface area contributed by atoms with Gasteiger partial charge in [0.25, 0.3) is 21.9 Å². The average Bonchev–Trinajstić information content (AvgIpc) is 2.56. The maximum atomic E-state index is 11.4. The summed E-state index contributed by atoms with van der Waals surface area (Å²) in [7, 11) is -4.44. The van der Waals surface area contributed by atoms with Crippen molar-refractivity contribution in [2.24, 2.45) is 0 Å². The highest BCUT2D eigenvalue weighted by molar-refractivity contribution is 7.86. The summed E-state index contributed by atoms with van der Waals surface area (Å²) in [5.41, 5.74) is -0.0819. The summed E-state index contributed by atoms with van der Waals surface area (Å²) < 4.78 is 31.2. The molecule has 17 heavy (non-hydrogen) atoms. The third-order valence-electron chi connectivity index (χ3n) is 2.21. The van der Waals surface area contributed by atoms with Gasteiger partial charge in [-0.1, -0.05) is 18.2 Å². The minimum atomic E-state index is -4.44. The van der Waals surface area contributed by atoms with E-state index in [1.54, 1.807) is 0 Å². The molecule has 0 unspecified atom stereocenters. The maximum Gasteiger partial charge on any atom is 0.295 e. The minimum Gasteiger partial charge on any atom is -0.289 e. The van der Waals surface area contributed by atoms with Crippen molar-refractivity contribution in [2.45, 2.75) is 4.90 Å². The van der Waals surface area contributed by atoms with Gasteiger partial charge < -0.3 is 0 Å². The normalized spacial score (nSPS) is 15.7. The first kappa shape index (κ1) is 11.5. The van der Waals surface area contributed by atoms with Gasteiger partial charge in [0.15, 0.2) is 0 Å². The summed E-state index contributed by atoms with van der Waals surface area (Å²) in [6, 6.07) is 5.40. The molecule has 1 heterocycles. The highest BCUT2D eigenvalue weighted by Crippen LogP contribution is 2.25. The summed E-state index contributed by atoms with van der Waals surface area (Å²) in [4.78, 5) is 22.0. The van der Waals surface area contributed by atoms with Crippen LogP contribution in [-0.2, 0) is 19.7 Å². The van der Waals surface area contributed by atoms with E-state index in [2.05, 4.69) is 0 Å². The molecule has 0 spiro atoms. The topological polar surface area (TPSA) is 101 Å². The largest absolute Gasteiger partial charge is 0.295 e. The van der Waals surface area contributed by atoms with Gasteiger partial charge in [-0.05, 0) is 6.07 Å². The van der Waals surface area contributed by atoms with Crippen molar-refractivity contribution >= 4 is 27.5 Å². The lowest BCUT2D eigenvalue weighted by Crippen LogP contribution is -2.22. The molecule has 2 N–H and O–H groups in total. The van der Waals surface area contributed by atoms with E-state index in [4.69, 9.17) is 4.55 Å². The molecule has 0 saturated carbocycles. The van der Waals surface area contributed by atoms with Gasteiger partial charge in [0, 0.05) is 11.6 Å². The van der Waals surface area contributed by atoms with Gasteiger partial charge in [0.2, 0.25) is 0 Å². The number of nitrogens with one attached hydrogen (secondary N) is 1. The van der Waals surface area contributed by atoms with Crippen LogP contribution in [0.5, 0.6) is 0 Å². The molecule has 2 amide bonds. The minimum absolute atomic E-state index is 0.00153. The molecule has 0 fully saturated rings. The standard InChI is InChI=1S/C10H7NO5S/c12-9-5-7(10(13)11-9)6-3-1-2-4-8(6)17(14,15)16/h1-5H,(H,11,12,13)(H,14,15,16). The van der Waals surface area contributed by atoms with Gasteiger partial charge in [-0.15, -0.1) is 0 Å². The van der Waals surface area contributed by atoms with Crippen molar-refractivity contribution in [3.8, 4) is 0 Å². The van der Waals surface area contributed by atoms with E-state index < -0.39 is 26.8 Å². The van der Waals surface area contributed by atoms with Crippen LogP contribution in [0.2, 0.25) is 0 Å². The highest BCUT2D eigenvalue weighted by atomic mass is 32.2. The molecule has 1 aliphatic heterocycles. The van der Waals surface area contributed by atoms with Crippen LogP contribution in [-0.4, -0.2) is 24.8 Å². The molecular weight excluding hydrogens is 246 g/mol. The summed E-state index contributed by atoms with van der Waals surface area (Å²) >= 11 is 0. The van der Waals surface area contributed by atoms with Crippen LogP contribution in [0.15, 0.2) is 35.2 Å². The lowest BCUT2D eigenvalue weighted by atomic mass is 10.1. The molecule has 1 aromatic carbocycles. The van der Waals surface area contributed by atoms with Crippen molar-refractivity contribution in [3.63, 3.8) is 0 Å². The summed E-state index contributed by atoms with van der Waals surface area (Å²) in [6.45, 7) is 0. The Morgan fingerprint density at radius 2 is 1.76 bits per heavy atom. The number of amides is 2. The van der Waals surface area contributed by atoms with Crippen LogP contribution in [0.1, 0.15) is 5.56 Å². The Labute approximate surface area is 96.7 Å². The van der Waals surface area contributed by atoms with Crippen LogP contribution < -0.4 is 5.32 Å². The summed E-state index contributed by atoms with van der Waals surface area (Å²) in [5, 5.41) is 2.00. The Kier molecular flexibility index (Phi) is 2.56. The van der Waals surface area contributed by atoms with Gasteiger partial charge in [0.05, 0.1) is 5.57 Å². The van der Waals surface area contributed by atoms with E-state index in [-0.39, 0.29) is 11.1 Å². The number of hydrogen-bond acceptors (Lipinski definition) is 4. The Hall–Kier alpha value is -1.99. The highest BCUT2D eigenvalue weighted by Gasteiger charge is 2.26. The molecule has 0 aromatic heterocycles. The zero-order chi connectivity index (χ0) is 12.6. The van der Waals surface area contributed by atoms with Gasteiger partial charge in [-0.3, -0.25) is 19.5 Å². The number of benzene rings is 1. The first-order valence-corrected chi connectivity index (χ1v) is 5.97. The van der Waals surface area contributed by atoms with E-state index in [0.717, 1.165) is 12.1 Å². The molecule has 7 heteroatoms. The van der Waals surface area contributed by atoms with E-state index in [9.17, 15) is 18.0 Å². The van der Waals surface area contributed by atoms with Crippen molar-refractivity contribution in [3.05, 3.63) is 35.9 Å². The van der Waals surface area contributed by atoms with E-state index >= 15 is 0 Å². The van der Waals surface area contributed by atoms with E-state index in [1.807, 2.05) is 5.32 Å². The van der Waals surface area contributed by atoms with Crippen molar-refractivity contribution in [1.29, 1.82) is 0 Å². The second-order valence-electron chi connectivity index (χ2n) is 3.35. The molecule has 0 bridgehead atoms. The van der Waals surface area contributed by atoms with Gasteiger partial charge in [-0.2, -0.15) is 8.42 Å². The second-order valence-corrected chi connectivity index (χ2v) is 4.74. The number of hydrogen-bond donors (Lipinski definition) is 2. The third-order valence-corrected chi connectivity index (χ3v) is 3.12. The number of carbonyl (C=O) groups excluding carboxylic acids is 2. The van der Waals surface area contributed by atoms with E-state index in [1.165, 1.54) is 18.2 Å². The zero-order valence-electron chi connectivity index (χ0n) is 8.38. The zero-order valence-corrected chi connectivity index (χ0v) is 9.19. The third kappa shape index (κ3) is 2.10. The fraction of sp³-hybridized carbons (Fsp3) is 0. The van der Waals surface area contributed by atoms with Crippen LogP contribution in [0, 0.1) is 0 Å². The molecule has 1 aliphatic rings. The molecule has 2 rings (SSSR count). The Balaban J connectivity index is 2.66. The van der Waals surface area contributed by atoms with Crippen molar-refractivity contribution in [2.75, 3.05) is 0 Å². The molecule has 0 atom stereocenters. The summed E-state index contributed by atoms with van der Waals surface area (Å²) in [5.74, 6) is -1.30. The second kappa shape index (κ2) is 3.79. The van der Waals surface area contributed by atoms with Crippen molar-refractivity contribution < 1.29 is 22.6 Å². The smallest absolute Gasteiger partial charge is 0.289 e. The first-order valence-electron chi connectivity index (χ1n) is 4.53. The SMILES string of the molecule is O=C1C=C(c2ccccc2S(=O)(=O)O)C(=O)N1. The fourth-order valence-corrected chi connectivity index (χ4v) is 2.23. The maximum absolute atomic E-state index is 11.4. The van der Waals surface area contributed by atoms with Gasteiger partial charge in [0.1, 0.15) is 4.90 Å². The summed E-state index contributed by atoms with van der Waals surface area (Å²) in [6.07, 6.45) is 0.992. The average molecular weight is 253 g/mol. The Morgan fingerprint density at radius 3 is 2.29 bits per heavy atom. The predicted octanol–water partition coefficient (Wildman–Crippen LogP) is -0.0269. The quantitative estimate of drug-likeness (QED) is 0.569. The van der Waals surface area contributed by atoms with Gasteiger partial charge in [-0.25, -0.2) is 0 Å². The molecule has 6 nitrogen and oxygen atoms in total. The Bertz CT molecular complexity index is 644. The molecule has 0 radical (unpaired) electrons. The number of rotatable bonds is 2. The molecule has 1 aromatic rings. The molecule has 0 aliphatic carbocycles. The molecule has 88 valence electrons. The van der Waals surface area contributed by atoms with Crippen LogP contribution in [0.3, 0.4) is 0 Å². The monoisotopic (exact) mass is 253 g/mol. The Morgan fingerprint density at radius 1 is 1.12 bits per heavy atom. The number of carbonyl (C=O) groups is 2.